The lowest BCUT2D eigenvalue weighted by molar-refractivity contribution is 0.222. The Morgan fingerprint density at radius 1 is 1.13 bits per heavy atom. The smallest absolute Gasteiger partial charge is 0.0989 e. The monoisotopic (exact) mass is 208 g/mol. The minimum atomic E-state index is 0.610. The molecule has 0 aromatic carbocycles. The van der Waals surface area contributed by atoms with E-state index in [1.54, 1.807) is 0 Å². The summed E-state index contributed by atoms with van der Waals surface area (Å²) in [7, 11) is 2.14. The number of hydrogen-bond acceptors (Lipinski definition) is 1. The number of hydrogen-bond donors (Lipinski definition) is 1. The van der Waals surface area contributed by atoms with Crippen molar-refractivity contribution in [2.75, 3.05) is 7.05 Å². The first-order valence-corrected chi connectivity index (χ1v) is 6.53. The highest BCUT2D eigenvalue weighted by Crippen LogP contribution is 2.34. The van der Waals surface area contributed by atoms with E-state index in [1.165, 1.54) is 44.9 Å². The third kappa shape index (κ3) is 2.53. The lowest BCUT2D eigenvalue weighted by atomic mass is 9.84. The first kappa shape index (κ1) is 11.0. The molecular weight excluding hydrogens is 184 g/mol. The maximum absolute atomic E-state index is 8.07. The van der Waals surface area contributed by atoms with Crippen LogP contribution < -0.4 is 0 Å². The van der Waals surface area contributed by atoms with E-state index in [9.17, 15) is 0 Å². The maximum atomic E-state index is 8.07. The highest BCUT2D eigenvalue weighted by Gasteiger charge is 2.32. The van der Waals surface area contributed by atoms with E-state index in [0.717, 1.165) is 11.8 Å². The molecule has 86 valence electrons. The fourth-order valence-corrected chi connectivity index (χ4v) is 2.78. The molecule has 0 bridgehead atoms. The fourth-order valence-electron chi connectivity index (χ4n) is 2.78. The molecule has 0 heterocycles. The summed E-state index contributed by atoms with van der Waals surface area (Å²) in [5.74, 6) is 2.48. The van der Waals surface area contributed by atoms with Gasteiger partial charge in [-0.2, -0.15) is 0 Å². The van der Waals surface area contributed by atoms with Crippen LogP contribution in [0.5, 0.6) is 0 Å². The van der Waals surface area contributed by atoms with Crippen LogP contribution in [0.2, 0.25) is 0 Å². The summed E-state index contributed by atoms with van der Waals surface area (Å²) in [5.41, 5.74) is 0. The number of nitrogens with one attached hydrogen (secondary N) is 1. The Kier molecular flexibility index (Phi) is 3.32. The molecule has 1 N–H and O–H groups in total. The molecule has 0 saturated heterocycles. The summed E-state index contributed by atoms with van der Waals surface area (Å²) < 4.78 is 0. The van der Waals surface area contributed by atoms with Gasteiger partial charge in [-0.05, 0) is 44.4 Å². The van der Waals surface area contributed by atoms with E-state index in [1.807, 2.05) is 0 Å². The molecule has 0 aliphatic heterocycles. The molecule has 0 atom stereocenters. The largest absolute Gasteiger partial charge is 0.360 e. The zero-order valence-electron chi connectivity index (χ0n) is 10.1. The molecule has 0 aromatic rings. The van der Waals surface area contributed by atoms with Crippen LogP contribution in [-0.2, 0) is 0 Å². The second-order valence-electron chi connectivity index (χ2n) is 5.35. The first-order valence-electron chi connectivity index (χ1n) is 6.53. The number of rotatable bonds is 3. The summed E-state index contributed by atoms with van der Waals surface area (Å²) in [5, 5.41) is 8.07. The minimum Gasteiger partial charge on any atom is -0.360 e. The van der Waals surface area contributed by atoms with Crippen molar-refractivity contribution in [2.24, 2.45) is 11.8 Å². The highest BCUT2D eigenvalue weighted by molar-refractivity contribution is 5.83. The quantitative estimate of drug-likeness (QED) is 0.559. The summed E-state index contributed by atoms with van der Waals surface area (Å²) in [6.45, 7) is 2.31. The molecule has 15 heavy (non-hydrogen) atoms. The van der Waals surface area contributed by atoms with Gasteiger partial charge in [-0.3, -0.25) is 5.41 Å². The van der Waals surface area contributed by atoms with Crippen LogP contribution in [0.25, 0.3) is 0 Å². The van der Waals surface area contributed by atoms with Gasteiger partial charge >= 0.3 is 0 Å². The molecule has 2 aliphatic rings. The molecular formula is C13H24N2. The average Bonchev–Trinajstić information content (AvgIpc) is 3.11. The molecule has 2 heteroatoms. The Bertz CT molecular complexity index is 225. The second kappa shape index (κ2) is 4.54. The molecule has 2 fully saturated rings. The Hall–Kier alpha value is -0.530. The molecule has 0 amide bonds. The van der Waals surface area contributed by atoms with Gasteiger partial charge in [0, 0.05) is 19.0 Å². The predicted octanol–water partition coefficient (Wildman–Crippen LogP) is 3.27. The van der Waals surface area contributed by atoms with Crippen LogP contribution in [0.15, 0.2) is 0 Å². The van der Waals surface area contributed by atoms with Crippen molar-refractivity contribution in [3.63, 3.8) is 0 Å². The van der Waals surface area contributed by atoms with Crippen molar-refractivity contribution >= 4 is 5.84 Å². The van der Waals surface area contributed by atoms with Crippen molar-refractivity contribution in [2.45, 2.75) is 57.9 Å². The SMILES string of the molecule is CCC1CCC(N(C)C(=N)C2CC2)CC1. The lowest BCUT2D eigenvalue weighted by Gasteiger charge is -2.36. The van der Waals surface area contributed by atoms with Gasteiger partial charge in [-0.15, -0.1) is 0 Å². The molecule has 2 rings (SSSR count). The number of amidine groups is 1. The van der Waals surface area contributed by atoms with Gasteiger partial charge in [0.25, 0.3) is 0 Å². The molecule has 0 spiro atoms. The van der Waals surface area contributed by atoms with E-state index in [4.69, 9.17) is 5.41 Å². The summed E-state index contributed by atoms with van der Waals surface area (Å²) in [6, 6.07) is 0.667. The Morgan fingerprint density at radius 3 is 2.20 bits per heavy atom. The predicted molar refractivity (Wildman–Crippen MR) is 64.3 cm³/mol. The molecule has 2 saturated carbocycles. The number of nitrogens with zero attached hydrogens (tertiary/aromatic N) is 1. The van der Waals surface area contributed by atoms with Gasteiger partial charge in [0.15, 0.2) is 0 Å². The Labute approximate surface area is 93.6 Å². The van der Waals surface area contributed by atoms with Crippen molar-refractivity contribution in [1.29, 1.82) is 5.41 Å². The van der Waals surface area contributed by atoms with E-state index >= 15 is 0 Å². The molecule has 2 aliphatic carbocycles. The van der Waals surface area contributed by atoms with E-state index < -0.39 is 0 Å². The van der Waals surface area contributed by atoms with Gasteiger partial charge in [-0.1, -0.05) is 13.3 Å². The van der Waals surface area contributed by atoms with Gasteiger partial charge in [-0.25, -0.2) is 0 Å². The molecule has 2 nitrogen and oxygen atoms in total. The van der Waals surface area contributed by atoms with Crippen LogP contribution in [0, 0.1) is 17.2 Å². The summed E-state index contributed by atoms with van der Waals surface area (Å²) >= 11 is 0. The van der Waals surface area contributed by atoms with Crippen LogP contribution in [-0.4, -0.2) is 23.8 Å². The van der Waals surface area contributed by atoms with Crippen molar-refractivity contribution < 1.29 is 0 Å². The average molecular weight is 208 g/mol. The first-order chi connectivity index (χ1) is 7.22. The second-order valence-corrected chi connectivity index (χ2v) is 5.35. The van der Waals surface area contributed by atoms with Crippen LogP contribution in [0.1, 0.15) is 51.9 Å². The molecule has 0 radical (unpaired) electrons. The third-order valence-electron chi connectivity index (χ3n) is 4.29. The van der Waals surface area contributed by atoms with Crippen molar-refractivity contribution in [3.05, 3.63) is 0 Å². The van der Waals surface area contributed by atoms with Crippen LogP contribution in [0.3, 0.4) is 0 Å². The summed E-state index contributed by atoms with van der Waals surface area (Å²) in [6.07, 6.45) is 9.23. The van der Waals surface area contributed by atoms with Crippen molar-refractivity contribution in [1.82, 2.24) is 4.90 Å². The minimum absolute atomic E-state index is 0.610. The maximum Gasteiger partial charge on any atom is 0.0989 e. The van der Waals surface area contributed by atoms with E-state index in [2.05, 4.69) is 18.9 Å². The Balaban J connectivity index is 1.81. The fraction of sp³-hybridized carbons (Fsp3) is 0.923. The van der Waals surface area contributed by atoms with Gasteiger partial charge in [0.05, 0.1) is 5.84 Å². The van der Waals surface area contributed by atoms with Gasteiger partial charge in [0.1, 0.15) is 0 Å². The molecule has 0 aromatic heterocycles. The topological polar surface area (TPSA) is 27.1 Å². The lowest BCUT2D eigenvalue weighted by Crippen LogP contribution is -2.39. The van der Waals surface area contributed by atoms with Crippen molar-refractivity contribution in [3.8, 4) is 0 Å². The van der Waals surface area contributed by atoms with Crippen LogP contribution >= 0.6 is 0 Å². The van der Waals surface area contributed by atoms with Crippen LogP contribution in [0.4, 0.5) is 0 Å². The van der Waals surface area contributed by atoms with Gasteiger partial charge in [0.2, 0.25) is 0 Å². The highest BCUT2D eigenvalue weighted by atomic mass is 15.2. The Morgan fingerprint density at radius 2 is 1.73 bits per heavy atom. The summed E-state index contributed by atoms with van der Waals surface area (Å²) in [4.78, 5) is 2.27. The zero-order valence-corrected chi connectivity index (χ0v) is 10.1. The van der Waals surface area contributed by atoms with E-state index in [0.29, 0.717) is 12.0 Å². The zero-order chi connectivity index (χ0) is 10.8. The van der Waals surface area contributed by atoms with Gasteiger partial charge < -0.3 is 4.90 Å². The third-order valence-corrected chi connectivity index (χ3v) is 4.29. The molecule has 0 unspecified atom stereocenters. The normalized spacial score (nSPS) is 31.3. The van der Waals surface area contributed by atoms with E-state index in [-0.39, 0.29) is 0 Å². The standard InChI is InChI=1S/C13H24N2/c1-3-10-4-8-12(9-5-10)15(2)13(14)11-6-7-11/h10-12,14H,3-9H2,1-2H3.